The van der Waals surface area contributed by atoms with Crippen LogP contribution in [0.4, 0.5) is 0 Å². The van der Waals surface area contributed by atoms with E-state index in [-0.39, 0.29) is 18.3 Å². The van der Waals surface area contributed by atoms with Crippen molar-refractivity contribution in [2.24, 2.45) is 0 Å². The molecule has 0 amide bonds. The maximum Gasteiger partial charge on any atom is 0.147 e. The molecule has 2 aliphatic carbocycles. The van der Waals surface area contributed by atoms with Gasteiger partial charge in [-0.2, -0.15) is 0 Å². The van der Waals surface area contributed by atoms with Crippen LogP contribution < -0.4 is 4.74 Å². The van der Waals surface area contributed by atoms with Crippen LogP contribution in [0.25, 0.3) is 33.4 Å². The molecule has 1 fully saturated rings. The Bertz CT molecular complexity index is 1820. The van der Waals surface area contributed by atoms with Gasteiger partial charge >= 0.3 is 0 Å². The third kappa shape index (κ3) is 6.37. The lowest BCUT2D eigenvalue weighted by Gasteiger charge is -2.30. The molecule has 1 heterocycles. The van der Waals surface area contributed by atoms with Gasteiger partial charge in [-0.25, -0.2) is 0 Å². The Labute approximate surface area is 293 Å². The average molecular weight is 671 g/mol. The lowest BCUT2D eigenvalue weighted by molar-refractivity contribution is -0.128. The predicted octanol–water partition coefficient (Wildman–Crippen LogP) is 7.52. The van der Waals surface area contributed by atoms with E-state index < -0.39 is 0 Å². The van der Waals surface area contributed by atoms with Crippen LogP contribution in [0.1, 0.15) is 22.3 Å². The molecule has 1 atom stereocenters. The van der Waals surface area contributed by atoms with E-state index in [1.807, 2.05) is 12.1 Å². The van der Waals surface area contributed by atoms with Crippen molar-refractivity contribution in [2.75, 3.05) is 72.9 Å². The van der Waals surface area contributed by atoms with Crippen LogP contribution >= 0.6 is 0 Å². The van der Waals surface area contributed by atoms with Gasteiger partial charge in [0.05, 0.1) is 64.9 Å². The van der Waals surface area contributed by atoms with Gasteiger partial charge < -0.3 is 33.2 Å². The number of fused-ring (bicyclic) bond motifs is 10. The van der Waals surface area contributed by atoms with E-state index in [0.717, 1.165) is 11.3 Å². The van der Waals surface area contributed by atoms with Gasteiger partial charge in [-0.15, -0.1) is 0 Å². The summed E-state index contributed by atoms with van der Waals surface area (Å²) in [5.41, 5.74) is 12.5. The number of hydrogen-bond acceptors (Lipinski definition) is 7. The van der Waals surface area contributed by atoms with Crippen molar-refractivity contribution in [2.45, 2.75) is 11.5 Å². The fraction of sp³-hybridized carbons (Fsp3) is 0.302. The van der Waals surface area contributed by atoms with Gasteiger partial charge in [0, 0.05) is 0 Å². The van der Waals surface area contributed by atoms with Gasteiger partial charge in [-0.05, 0) is 73.8 Å². The van der Waals surface area contributed by atoms with Crippen LogP contribution in [-0.4, -0.2) is 79.0 Å². The van der Waals surface area contributed by atoms with Crippen molar-refractivity contribution >= 4 is 0 Å². The quantitative estimate of drug-likeness (QED) is 0.192. The molecule has 256 valence electrons. The summed E-state index contributed by atoms with van der Waals surface area (Å²) in [6.07, 6.45) is -0.304. The molecular weight excluding hydrogens is 628 g/mol. The monoisotopic (exact) mass is 670 g/mol. The van der Waals surface area contributed by atoms with Crippen molar-refractivity contribution in [1.82, 2.24) is 0 Å². The van der Waals surface area contributed by atoms with E-state index in [4.69, 9.17) is 33.2 Å². The second-order valence-corrected chi connectivity index (χ2v) is 12.7. The number of hydrogen-bond donors (Lipinski definition) is 0. The Kier molecular flexibility index (Phi) is 10.0. The Morgan fingerprint density at radius 2 is 0.960 bits per heavy atom. The summed E-state index contributed by atoms with van der Waals surface area (Å²) in [4.78, 5) is 0. The van der Waals surface area contributed by atoms with Gasteiger partial charge in [-0.3, -0.25) is 0 Å². The summed E-state index contributed by atoms with van der Waals surface area (Å²) in [6.45, 7) is 4.79. The molecule has 1 aliphatic heterocycles. The molecule has 50 heavy (non-hydrogen) atoms. The van der Waals surface area contributed by atoms with Gasteiger partial charge in [-0.1, -0.05) is 97.1 Å². The Morgan fingerprint density at radius 3 is 1.54 bits per heavy atom. The summed E-state index contributed by atoms with van der Waals surface area (Å²) >= 11 is 0. The first-order valence-electron chi connectivity index (χ1n) is 17.5. The highest BCUT2D eigenvalue weighted by atomic mass is 16.7. The van der Waals surface area contributed by atoms with Crippen LogP contribution in [0.5, 0.6) is 5.75 Å². The molecule has 5 aromatic rings. The van der Waals surface area contributed by atoms with Gasteiger partial charge in [0.2, 0.25) is 0 Å². The molecule has 7 heteroatoms. The molecule has 3 aliphatic rings. The maximum absolute atomic E-state index is 6.20. The molecule has 5 aromatic carbocycles. The third-order valence-corrected chi connectivity index (χ3v) is 9.80. The van der Waals surface area contributed by atoms with Crippen molar-refractivity contribution < 1.29 is 33.2 Å². The van der Waals surface area contributed by atoms with Crippen molar-refractivity contribution in [1.29, 1.82) is 0 Å². The standard InChI is InChI=1S/C43H42O7/c1-4-10-39-35(7-1)36-8-2-5-11-40(36)43(39)41-12-6-3-9-37(41)38-18-15-32(27-42(38)43)31-13-16-33(17-14-31)49-29-34-28-47-25-23-45-21-19-44-20-22-46-24-26-48-30-50-34/h1-18,27,34H,19-26,28-30H2. The van der Waals surface area contributed by atoms with Gasteiger partial charge in [0.25, 0.3) is 0 Å². The SMILES string of the molecule is c1ccc2c(c1)-c1ccccc1C21c2ccccc2-c2ccc(-c3ccc(OCC4COCCOCCOCCOCCOCO4)cc3)cc21. The van der Waals surface area contributed by atoms with Crippen molar-refractivity contribution in [3.63, 3.8) is 0 Å². The van der Waals surface area contributed by atoms with Gasteiger partial charge in [0.15, 0.2) is 0 Å². The normalized spacial score (nSPS) is 19.2. The second-order valence-electron chi connectivity index (χ2n) is 12.7. The molecule has 8 rings (SSSR count). The highest BCUT2D eigenvalue weighted by molar-refractivity contribution is 5.95. The summed E-state index contributed by atoms with van der Waals surface area (Å²) in [5.74, 6) is 0.766. The van der Waals surface area contributed by atoms with Crippen molar-refractivity contribution in [3.05, 3.63) is 138 Å². The van der Waals surface area contributed by atoms with E-state index in [1.54, 1.807) is 0 Å². The highest BCUT2D eigenvalue weighted by Gasteiger charge is 2.51. The molecule has 7 nitrogen and oxygen atoms in total. The highest BCUT2D eigenvalue weighted by Crippen LogP contribution is 2.62. The van der Waals surface area contributed by atoms with E-state index in [0.29, 0.717) is 66.1 Å². The first-order valence-corrected chi connectivity index (χ1v) is 17.5. The Balaban J connectivity index is 1.01. The molecule has 1 saturated heterocycles. The van der Waals surface area contributed by atoms with E-state index >= 15 is 0 Å². The van der Waals surface area contributed by atoms with Gasteiger partial charge in [0.1, 0.15) is 25.3 Å². The zero-order valence-electron chi connectivity index (χ0n) is 28.2. The smallest absolute Gasteiger partial charge is 0.147 e. The summed E-state index contributed by atoms with van der Waals surface area (Å²) in [5, 5.41) is 0. The van der Waals surface area contributed by atoms with E-state index in [2.05, 4.69) is 103 Å². The largest absolute Gasteiger partial charge is 0.491 e. The minimum Gasteiger partial charge on any atom is -0.491 e. The van der Waals surface area contributed by atoms with E-state index in [1.165, 1.54) is 50.1 Å². The maximum atomic E-state index is 6.20. The number of benzene rings is 5. The Morgan fingerprint density at radius 1 is 0.480 bits per heavy atom. The van der Waals surface area contributed by atoms with E-state index in [9.17, 15) is 0 Å². The molecule has 0 bridgehead atoms. The molecule has 0 N–H and O–H groups in total. The van der Waals surface area contributed by atoms with Crippen LogP contribution in [0.15, 0.2) is 115 Å². The molecule has 1 unspecified atom stereocenters. The third-order valence-electron chi connectivity index (χ3n) is 9.80. The molecular formula is C43H42O7. The van der Waals surface area contributed by atoms with Crippen LogP contribution in [0, 0.1) is 0 Å². The fourth-order valence-corrected chi connectivity index (χ4v) is 7.55. The summed E-state index contributed by atoms with van der Waals surface area (Å²) < 4.78 is 40.2. The zero-order chi connectivity index (χ0) is 33.6. The van der Waals surface area contributed by atoms with Crippen LogP contribution in [0.2, 0.25) is 0 Å². The number of ether oxygens (including phenoxy) is 7. The fourth-order valence-electron chi connectivity index (χ4n) is 7.55. The molecule has 0 aromatic heterocycles. The lowest BCUT2D eigenvalue weighted by Crippen LogP contribution is -2.29. The van der Waals surface area contributed by atoms with Crippen LogP contribution in [-0.2, 0) is 33.8 Å². The molecule has 0 saturated carbocycles. The topological polar surface area (TPSA) is 64.6 Å². The zero-order valence-corrected chi connectivity index (χ0v) is 28.2. The first-order chi connectivity index (χ1) is 24.8. The summed E-state index contributed by atoms with van der Waals surface area (Å²) in [6, 6.07) is 42.0. The second kappa shape index (κ2) is 15.3. The average Bonchev–Trinajstić information content (AvgIpc) is 3.63. The minimum absolute atomic E-state index is 0.130. The molecule has 1 spiro atoms. The molecule has 0 radical (unpaired) electrons. The minimum atomic E-state index is -0.360. The number of rotatable bonds is 4. The Hall–Kier alpha value is -4.34. The first kappa shape index (κ1) is 32.8. The van der Waals surface area contributed by atoms with Crippen LogP contribution in [0.3, 0.4) is 0 Å². The summed E-state index contributed by atoms with van der Waals surface area (Å²) in [7, 11) is 0. The van der Waals surface area contributed by atoms with Crippen molar-refractivity contribution in [3.8, 4) is 39.1 Å². The predicted molar refractivity (Wildman–Crippen MR) is 193 cm³/mol. The lowest BCUT2D eigenvalue weighted by atomic mass is 9.70.